The Morgan fingerprint density at radius 2 is 2.06 bits per heavy atom. The van der Waals surface area contributed by atoms with Crippen LogP contribution in [0.15, 0.2) is 24.3 Å². The molecule has 16 heavy (non-hydrogen) atoms. The van der Waals surface area contributed by atoms with E-state index in [4.69, 9.17) is 27.7 Å². The molecule has 2 unspecified atom stereocenters. The Bertz CT molecular complexity index is 411. The first-order chi connectivity index (χ1) is 7.54. The standard InChI is InChI=1S/C11H11ClN2O2/c12-8-3-1-7(2-4-8)9(6-13)10(14)5-11(15)16/h1-4,9-10H,5,14H2,(H,15,16). The van der Waals surface area contributed by atoms with Gasteiger partial charge in [-0.05, 0) is 17.7 Å². The molecule has 0 saturated heterocycles. The van der Waals surface area contributed by atoms with Crippen LogP contribution in [0.3, 0.4) is 0 Å². The van der Waals surface area contributed by atoms with Crippen molar-refractivity contribution in [1.82, 2.24) is 0 Å². The Morgan fingerprint density at radius 3 is 2.50 bits per heavy atom. The second-order valence-electron chi connectivity index (χ2n) is 3.42. The van der Waals surface area contributed by atoms with Crippen LogP contribution in [0.4, 0.5) is 0 Å². The molecular weight excluding hydrogens is 228 g/mol. The van der Waals surface area contributed by atoms with Crippen LogP contribution in [0, 0.1) is 11.3 Å². The molecular formula is C11H11ClN2O2. The first kappa shape index (κ1) is 12.5. The fraction of sp³-hybridized carbons (Fsp3) is 0.273. The third-order valence-corrected chi connectivity index (χ3v) is 2.46. The molecule has 0 saturated carbocycles. The van der Waals surface area contributed by atoms with E-state index in [2.05, 4.69) is 0 Å². The molecule has 2 atom stereocenters. The van der Waals surface area contributed by atoms with Gasteiger partial charge in [0.15, 0.2) is 0 Å². The molecule has 0 bridgehead atoms. The number of benzene rings is 1. The largest absolute Gasteiger partial charge is 0.481 e. The van der Waals surface area contributed by atoms with Gasteiger partial charge in [0.25, 0.3) is 0 Å². The fourth-order valence-electron chi connectivity index (χ4n) is 1.41. The normalized spacial score (nSPS) is 13.8. The molecule has 5 heteroatoms. The maximum Gasteiger partial charge on any atom is 0.304 e. The van der Waals surface area contributed by atoms with Crippen molar-refractivity contribution in [2.45, 2.75) is 18.4 Å². The molecule has 0 fully saturated rings. The van der Waals surface area contributed by atoms with E-state index in [1.54, 1.807) is 24.3 Å². The van der Waals surface area contributed by atoms with Gasteiger partial charge in [0.2, 0.25) is 0 Å². The van der Waals surface area contributed by atoms with E-state index in [1.165, 1.54) is 0 Å². The van der Waals surface area contributed by atoms with Crippen LogP contribution < -0.4 is 5.73 Å². The predicted molar refractivity (Wildman–Crippen MR) is 60.0 cm³/mol. The smallest absolute Gasteiger partial charge is 0.304 e. The van der Waals surface area contributed by atoms with Crippen molar-refractivity contribution in [2.24, 2.45) is 5.73 Å². The van der Waals surface area contributed by atoms with Crippen molar-refractivity contribution in [3.63, 3.8) is 0 Å². The number of aliphatic carboxylic acids is 1. The summed E-state index contributed by atoms with van der Waals surface area (Å²) in [6, 6.07) is 7.94. The molecule has 0 amide bonds. The minimum absolute atomic E-state index is 0.235. The molecule has 1 aromatic carbocycles. The van der Waals surface area contributed by atoms with Crippen molar-refractivity contribution in [3.05, 3.63) is 34.9 Å². The van der Waals surface area contributed by atoms with Gasteiger partial charge in [-0.3, -0.25) is 4.79 Å². The number of carbonyl (C=O) groups is 1. The zero-order valence-corrected chi connectivity index (χ0v) is 9.19. The van der Waals surface area contributed by atoms with Crippen molar-refractivity contribution in [1.29, 1.82) is 5.26 Å². The Labute approximate surface area is 98.2 Å². The summed E-state index contributed by atoms with van der Waals surface area (Å²) < 4.78 is 0. The first-order valence-corrected chi connectivity index (χ1v) is 5.05. The number of carboxylic acids is 1. The van der Waals surface area contributed by atoms with Gasteiger partial charge in [-0.1, -0.05) is 23.7 Å². The predicted octanol–water partition coefficient (Wildman–Crippen LogP) is 1.75. The second kappa shape index (κ2) is 5.50. The average molecular weight is 239 g/mol. The van der Waals surface area contributed by atoms with Crippen LogP contribution in [0.25, 0.3) is 0 Å². The van der Waals surface area contributed by atoms with E-state index in [0.29, 0.717) is 10.6 Å². The second-order valence-corrected chi connectivity index (χ2v) is 3.86. The van der Waals surface area contributed by atoms with Gasteiger partial charge in [0.1, 0.15) is 0 Å². The lowest BCUT2D eigenvalue weighted by Crippen LogP contribution is -2.30. The van der Waals surface area contributed by atoms with Crippen molar-refractivity contribution in [2.75, 3.05) is 0 Å². The quantitative estimate of drug-likeness (QED) is 0.837. The Morgan fingerprint density at radius 1 is 1.50 bits per heavy atom. The average Bonchev–Trinajstić information content (AvgIpc) is 2.21. The topological polar surface area (TPSA) is 87.1 Å². The van der Waals surface area contributed by atoms with Gasteiger partial charge < -0.3 is 10.8 Å². The van der Waals surface area contributed by atoms with Gasteiger partial charge in [0, 0.05) is 11.1 Å². The summed E-state index contributed by atoms with van der Waals surface area (Å²) in [7, 11) is 0. The lowest BCUT2D eigenvalue weighted by Gasteiger charge is -2.15. The monoisotopic (exact) mass is 238 g/mol. The molecule has 3 N–H and O–H groups in total. The van der Waals surface area contributed by atoms with E-state index in [1.807, 2.05) is 6.07 Å². The molecule has 0 heterocycles. The lowest BCUT2D eigenvalue weighted by molar-refractivity contribution is -0.137. The highest BCUT2D eigenvalue weighted by atomic mass is 35.5. The molecule has 4 nitrogen and oxygen atoms in total. The summed E-state index contributed by atoms with van der Waals surface area (Å²) in [5.41, 5.74) is 6.34. The lowest BCUT2D eigenvalue weighted by atomic mass is 9.91. The number of carboxylic acid groups (broad SMARTS) is 1. The molecule has 0 spiro atoms. The molecule has 1 aromatic rings. The van der Waals surface area contributed by atoms with Gasteiger partial charge in [-0.25, -0.2) is 0 Å². The zero-order valence-electron chi connectivity index (χ0n) is 8.43. The van der Waals surface area contributed by atoms with Crippen LogP contribution in [0.1, 0.15) is 17.9 Å². The van der Waals surface area contributed by atoms with E-state index in [-0.39, 0.29) is 6.42 Å². The highest BCUT2D eigenvalue weighted by molar-refractivity contribution is 6.30. The van der Waals surface area contributed by atoms with Crippen molar-refractivity contribution >= 4 is 17.6 Å². The van der Waals surface area contributed by atoms with E-state index in [0.717, 1.165) is 0 Å². The van der Waals surface area contributed by atoms with E-state index < -0.39 is 17.9 Å². The highest BCUT2D eigenvalue weighted by Crippen LogP contribution is 2.21. The van der Waals surface area contributed by atoms with Gasteiger partial charge in [0.05, 0.1) is 18.4 Å². The summed E-state index contributed by atoms with van der Waals surface area (Å²) in [5.74, 6) is -1.64. The first-order valence-electron chi connectivity index (χ1n) is 4.67. The molecule has 0 aliphatic heterocycles. The number of hydrogen-bond acceptors (Lipinski definition) is 3. The van der Waals surface area contributed by atoms with E-state index >= 15 is 0 Å². The zero-order chi connectivity index (χ0) is 12.1. The summed E-state index contributed by atoms with van der Waals surface area (Å²) in [5, 5.41) is 18.1. The molecule has 84 valence electrons. The maximum absolute atomic E-state index is 10.5. The number of hydrogen-bond donors (Lipinski definition) is 2. The van der Waals surface area contributed by atoms with Crippen LogP contribution in [0.2, 0.25) is 5.02 Å². The van der Waals surface area contributed by atoms with Gasteiger partial charge >= 0.3 is 5.97 Å². The van der Waals surface area contributed by atoms with Gasteiger partial charge in [-0.15, -0.1) is 0 Å². The number of halogens is 1. The SMILES string of the molecule is N#CC(c1ccc(Cl)cc1)C(N)CC(=O)O. The third-order valence-electron chi connectivity index (χ3n) is 2.21. The molecule has 0 aromatic heterocycles. The fourth-order valence-corrected chi connectivity index (χ4v) is 1.53. The van der Waals surface area contributed by atoms with Gasteiger partial charge in [-0.2, -0.15) is 5.26 Å². The van der Waals surface area contributed by atoms with Crippen molar-refractivity contribution < 1.29 is 9.90 Å². The summed E-state index contributed by atoms with van der Waals surface area (Å²) in [6.07, 6.45) is -0.235. The number of rotatable bonds is 4. The Hall–Kier alpha value is -1.57. The Kier molecular flexibility index (Phi) is 4.29. The molecule has 0 aliphatic carbocycles. The number of nitriles is 1. The highest BCUT2D eigenvalue weighted by Gasteiger charge is 2.21. The van der Waals surface area contributed by atoms with Crippen LogP contribution in [0.5, 0.6) is 0 Å². The minimum atomic E-state index is -1.01. The number of nitrogens with zero attached hydrogens (tertiary/aromatic N) is 1. The summed E-state index contributed by atoms with van der Waals surface area (Å²) in [6.45, 7) is 0. The molecule has 0 radical (unpaired) electrons. The number of nitrogens with two attached hydrogens (primary N) is 1. The molecule has 1 rings (SSSR count). The summed E-state index contributed by atoms with van der Waals surface area (Å²) in [4.78, 5) is 10.5. The molecule has 0 aliphatic rings. The van der Waals surface area contributed by atoms with Crippen LogP contribution in [-0.2, 0) is 4.79 Å². The van der Waals surface area contributed by atoms with Crippen molar-refractivity contribution in [3.8, 4) is 6.07 Å². The van der Waals surface area contributed by atoms with Crippen LogP contribution >= 0.6 is 11.6 Å². The van der Waals surface area contributed by atoms with Crippen LogP contribution in [-0.4, -0.2) is 17.1 Å². The Balaban J connectivity index is 2.86. The van der Waals surface area contributed by atoms with E-state index in [9.17, 15) is 4.79 Å². The maximum atomic E-state index is 10.5. The summed E-state index contributed by atoms with van der Waals surface area (Å²) >= 11 is 5.72. The minimum Gasteiger partial charge on any atom is -0.481 e. The third kappa shape index (κ3) is 3.23.